The lowest BCUT2D eigenvalue weighted by Gasteiger charge is -2.16. The van der Waals surface area contributed by atoms with Crippen molar-refractivity contribution in [3.05, 3.63) is 69.6 Å². The second-order valence-corrected chi connectivity index (χ2v) is 11.1. The van der Waals surface area contributed by atoms with E-state index in [9.17, 15) is 18.0 Å². The fourth-order valence-corrected chi connectivity index (χ4v) is 5.07. The van der Waals surface area contributed by atoms with E-state index in [1.807, 2.05) is 26.8 Å². The Bertz CT molecular complexity index is 1220. The van der Waals surface area contributed by atoms with Crippen molar-refractivity contribution in [2.45, 2.75) is 38.1 Å². The summed E-state index contributed by atoms with van der Waals surface area (Å²) in [7, 11) is -4.05. The zero-order valence-electron chi connectivity index (χ0n) is 18.3. The van der Waals surface area contributed by atoms with E-state index in [2.05, 4.69) is 15.0 Å². The largest absolute Gasteiger partial charge is 0.301 e. The number of hydrogen-bond acceptors (Lipinski definition) is 6. The van der Waals surface area contributed by atoms with E-state index in [4.69, 9.17) is 11.6 Å². The molecule has 1 fully saturated rings. The number of hydrogen-bond donors (Lipinski definition) is 2. The highest BCUT2D eigenvalue weighted by Gasteiger charge is 2.29. The number of nitrogens with zero attached hydrogens (tertiary/aromatic N) is 1. The summed E-state index contributed by atoms with van der Waals surface area (Å²) in [6.07, 6.45) is 1.95. The van der Waals surface area contributed by atoms with Crippen molar-refractivity contribution in [1.29, 1.82) is 0 Å². The average Bonchev–Trinajstić information content (AvgIpc) is 3.07. The molecule has 1 heterocycles. The van der Waals surface area contributed by atoms with Crippen molar-refractivity contribution in [2.24, 2.45) is 10.9 Å². The highest BCUT2D eigenvalue weighted by atomic mass is 35.5. The minimum absolute atomic E-state index is 0.00842. The molecule has 0 spiro atoms. The lowest BCUT2D eigenvalue weighted by Crippen LogP contribution is -2.39. The van der Waals surface area contributed by atoms with Crippen LogP contribution in [0.5, 0.6) is 0 Å². The van der Waals surface area contributed by atoms with Crippen LogP contribution in [-0.4, -0.2) is 31.4 Å². The molecule has 33 heavy (non-hydrogen) atoms. The molecule has 0 saturated carbocycles. The SMILES string of the molecule is Cc1ccc(S(=O)(=O)NC(=O)[C@H](CC(C)C)N=C2NC(=O)/C(=C/c3ccccc3Cl)S2)cc1. The first-order valence-corrected chi connectivity index (χ1v) is 12.9. The molecule has 0 radical (unpaired) electrons. The molecule has 1 aliphatic rings. The van der Waals surface area contributed by atoms with Gasteiger partial charge in [0.05, 0.1) is 9.80 Å². The van der Waals surface area contributed by atoms with Crippen LogP contribution in [0.3, 0.4) is 0 Å². The van der Waals surface area contributed by atoms with Gasteiger partial charge in [0.2, 0.25) is 0 Å². The third-order valence-corrected chi connectivity index (χ3v) is 7.31. The van der Waals surface area contributed by atoms with E-state index < -0.39 is 22.0 Å². The first kappa shape index (κ1) is 25.0. The maximum atomic E-state index is 12.9. The summed E-state index contributed by atoms with van der Waals surface area (Å²) < 4.78 is 27.4. The van der Waals surface area contributed by atoms with Crippen molar-refractivity contribution in [2.75, 3.05) is 0 Å². The van der Waals surface area contributed by atoms with E-state index in [-0.39, 0.29) is 21.9 Å². The molecule has 0 aliphatic carbocycles. The van der Waals surface area contributed by atoms with E-state index in [1.165, 1.54) is 12.1 Å². The van der Waals surface area contributed by atoms with Gasteiger partial charge in [0, 0.05) is 5.02 Å². The zero-order valence-corrected chi connectivity index (χ0v) is 20.7. The van der Waals surface area contributed by atoms with Crippen LogP contribution < -0.4 is 10.0 Å². The number of aliphatic imine (C=N–C) groups is 1. The molecule has 7 nitrogen and oxygen atoms in total. The average molecular weight is 506 g/mol. The summed E-state index contributed by atoms with van der Waals surface area (Å²) in [5.74, 6) is -1.06. The van der Waals surface area contributed by atoms with Gasteiger partial charge in [-0.2, -0.15) is 0 Å². The van der Waals surface area contributed by atoms with Crippen molar-refractivity contribution in [3.63, 3.8) is 0 Å². The van der Waals surface area contributed by atoms with Crippen molar-refractivity contribution >= 4 is 56.4 Å². The molecule has 1 saturated heterocycles. The lowest BCUT2D eigenvalue weighted by atomic mass is 10.0. The van der Waals surface area contributed by atoms with Crippen LogP contribution in [0.4, 0.5) is 0 Å². The molecular weight excluding hydrogens is 482 g/mol. The van der Waals surface area contributed by atoms with Crippen LogP contribution in [-0.2, 0) is 19.6 Å². The molecule has 2 aromatic rings. The van der Waals surface area contributed by atoms with E-state index in [1.54, 1.807) is 36.4 Å². The third kappa shape index (κ3) is 6.69. The molecular formula is C23H24ClN3O4S2. The summed E-state index contributed by atoms with van der Waals surface area (Å²) in [6, 6.07) is 12.3. The Balaban J connectivity index is 1.81. The van der Waals surface area contributed by atoms with Crippen LogP contribution in [0.2, 0.25) is 5.02 Å². The monoisotopic (exact) mass is 505 g/mol. The molecule has 0 aromatic heterocycles. The smallest absolute Gasteiger partial charge is 0.264 e. The Hall–Kier alpha value is -2.62. The predicted molar refractivity (Wildman–Crippen MR) is 132 cm³/mol. The second kappa shape index (κ2) is 10.5. The summed E-state index contributed by atoms with van der Waals surface area (Å²) in [6.45, 7) is 5.64. The Kier molecular flexibility index (Phi) is 7.99. The summed E-state index contributed by atoms with van der Waals surface area (Å²) in [5, 5.41) is 3.37. The number of aryl methyl sites for hydroxylation is 1. The molecule has 174 valence electrons. The molecule has 2 aromatic carbocycles. The van der Waals surface area contributed by atoms with Gasteiger partial charge in [-0.05, 0) is 60.9 Å². The predicted octanol–water partition coefficient (Wildman–Crippen LogP) is 4.13. The van der Waals surface area contributed by atoms with Gasteiger partial charge < -0.3 is 5.32 Å². The molecule has 10 heteroatoms. The summed E-state index contributed by atoms with van der Waals surface area (Å²) >= 11 is 7.24. The fraction of sp³-hybridized carbons (Fsp3) is 0.261. The highest BCUT2D eigenvalue weighted by molar-refractivity contribution is 8.18. The standard InChI is InChI=1S/C23H24ClN3O4S2/c1-14(2)12-19(21(28)27-33(30,31)17-10-8-15(3)9-11-17)25-23-26-22(29)20(32-23)13-16-6-4-5-7-18(16)24/h4-11,13-14,19H,12H2,1-3H3,(H,27,28)(H,25,26,29)/b20-13-/t19-/m0/s1. The van der Waals surface area contributed by atoms with E-state index in [0.717, 1.165) is 17.3 Å². The molecule has 1 aliphatic heterocycles. The number of benzene rings is 2. The van der Waals surface area contributed by atoms with Gasteiger partial charge in [0.1, 0.15) is 6.04 Å². The highest BCUT2D eigenvalue weighted by Crippen LogP contribution is 2.29. The summed E-state index contributed by atoms with van der Waals surface area (Å²) in [5.41, 5.74) is 1.58. The van der Waals surface area contributed by atoms with Crippen molar-refractivity contribution in [3.8, 4) is 0 Å². The summed E-state index contributed by atoms with van der Waals surface area (Å²) in [4.78, 5) is 30.0. The fourth-order valence-electron chi connectivity index (χ4n) is 3.00. The quantitative estimate of drug-likeness (QED) is 0.550. The van der Waals surface area contributed by atoms with Gasteiger partial charge in [-0.1, -0.05) is 61.3 Å². The number of halogens is 1. The number of rotatable bonds is 7. The number of thioether (sulfide) groups is 1. The van der Waals surface area contributed by atoms with Crippen LogP contribution in [0.15, 0.2) is 63.3 Å². The maximum Gasteiger partial charge on any atom is 0.264 e. The molecule has 1 atom stereocenters. The lowest BCUT2D eigenvalue weighted by molar-refractivity contribution is -0.121. The van der Waals surface area contributed by atoms with Crippen molar-refractivity contribution < 1.29 is 18.0 Å². The Labute approximate surface area is 202 Å². The molecule has 0 bridgehead atoms. The van der Waals surface area contributed by atoms with Crippen LogP contribution in [0.25, 0.3) is 6.08 Å². The van der Waals surface area contributed by atoms with Crippen LogP contribution >= 0.6 is 23.4 Å². The third-order valence-electron chi connectivity index (χ3n) is 4.68. The van der Waals surface area contributed by atoms with E-state index >= 15 is 0 Å². The maximum absolute atomic E-state index is 12.9. The Morgan fingerprint density at radius 3 is 2.48 bits per heavy atom. The van der Waals surface area contributed by atoms with Gasteiger partial charge in [0.15, 0.2) is 5.17 Å². The van der Waals surface area contributed by atoms with Gasteiger partial charge in [-0.15, -0.1) is 0 Å². The minimum atomic E-state index is -4.05. The van der Waals surface area contributed by atoms with Crippen LogP contribution in [0, 0.1) is 12.8 Å². The first-order chi connectivity index (χ1) is 15.5. The molecule has 0 unspecified atom stereocenters. The number of sulfonamides is 1. The number of carbonyl (C=O) groups is 2. The molecule has 2 N–H and O–H groups in total. The number of carbonyl (C=O) groups excluding carboxylic acids is 2. The van der Waals surface area contributed by atoms with E-state index in [0.29, 0.717) is 21.9 Å². The number of nitrogens with one attached hydrogen (secondary N) is 2. The second-order valence-electron chi connectivity index (χ2n) is 7.95. The Morgan fingerprint density at radius 2 is 1.85 bits per heavy atom. The minimum Gasteiger partial charge on any atom is -0.301 e. The number of amidine groups is 1. The Morgan fingerprint density at radius 1 is 1.18 bits per heavy atom. The van der Waals surface area contributed by atoms with Gasteiger partial charge in [-0.3, -0.25) is 9.59 Å². The topological polar surface area (TPSA) is 105 Å². The first-order valence-electron chi connectivity index (χ1n) is 10.2. The molecule has 3 rings (SSSR count). The normalized spacial score (nSPS) is 17.4. The zero-order chi connectivity index (χ0) is 24.2. The molecule has 2 amide bonds. The van der Waals surface area contributed by atoms with Crippen molar-refractivity contribution in [1.82, 2.24) is 10.0 Å². The van der Waals surface area contributed by atoms with Gasteiger partial charge >= 0.3 is 0 Å². The van der Waals surface area contributed by atoms with Gasteiger partial charge in [-0.25, -0.2) is 18.1 Å². The van der Waals surface area contributed by atoms with Crippen LogP contribution in [0.1, 0.15) is 31.4 Å². The number of amides is 2. The van der Waals surface area contributed by atoms with Gasteiger partial charge in [0.25, 0.3) is 21.8 Å².